The summed E-state index contributed by atoms with van der Waals surface area (Å²) in [4.78, 5) is 12.0. The fraction of sp³-hybridized carbons (Fsp3) is 0.176. The molecule has 0 bridgehead atoms. The summed E-state index contributed by atoms with van der Waals surface area (Å²) in [5.74, 6) is -0.161. The third-order valence-electron chi connectivity index (χ3n) is 3.58. The molecule has 0 aliphatic carbocycles. The van der Waals surface area contributed by atoms with Crippen molar-refractivity contribution in [3.05, 3.63) is 58.6 Å². The molecule has 24 heavy (non-hydrogen) atoms. The van der Waals surface area contributed by atoms with E-state index in [0.29, 0.717) is 6.54 Å². The number of benzene rings is 2. The van der Waals surface area contributed by atoms with Gasteiger partial charge in [-0.1, -0.05) is 45.4 Å². The fourth-order valence-electron chi connectivity index (χ4n) is 2.25. The first-order valence-electron chi connectivity index (χ1n) is 7.51. The van der Waals surface area contributed by atoms with E-state index in [2.05, 4.69) is 36.8 Å². The second kappa shape index (κ2) is 7.35. The summed E-state index contributed by atoms with van der Waals surface area (Å²) >= 11 is 3.39. The molecular weight excluding hydrogens is 370 g/mol. The second-order valence-corrected chi connectivity index (χ2v) is 6.21. The molecule has 3 rings (SSSR count). The number of halogens is 1. The van der Waals surface area contributed by atoms with Gasteiger partial charge in [-0.2, -0.15) is 5.10 Å². The maximum Gasteiger partial charge on any atom is 0.241 e. The number of amides is 1. The fourth-order valence-corrected chi connectivity index (χ4v) is 2.51. The van der Waals surface area contributed by atoms with Crippen LogP contribution in [0.4, 0.5) is 0 Å². The molecule has 1 heterocycles. The van der Waals surface area contributed by atoms with Gasteiger partial charge in [-0.15, -0.1) is 5.10 Å². The Morgan fingerprint density at radius 1 is 1.21 bits per heavy atom. The average Bonchev–Trinajstić information content (AvgIpc) is 3.01. The minimum atomic E-state index is -0.161. The van der Waals surface area contributed by atoms with Gasteiger partial charge in [0.05, 0.1) is 17.8 Å². The average molecular weight is 386 g/mol. The summed E-state index contributed by atoms with van der Waals surface area (Å²) in [6.45, 7) is 2.31. The number of fused-ring (bicyclic) bond motifs is 1. The maximum atomic E-state index is 12.0. The van der Waals surface area contributed by atoms with E-state index < -0.39 is 0 Å². The highest BCUT2D eigenvalue weighted by Crippen LogP contribution is 2.11. The quantitative estimate of drug-likeness (QED) is 0.541. The molecule has 0 saturated heterocycles. The van der Waals surface area contributed by atoms with E-state index >= 15 is 0 Å². The molecule has 0 unspecified atom stereocenters. The van der Waals surface area contributed by atoms with Crippen LogP contribution in [0, 0.1) is 0 Å². The zero-order valence-corrected chi connectivity index (χ0v) is 14.7. The van der Waals surface area contributed by atoms with Crippen molar-refractivity contribution >= 4 is 38.6 Å². The molecule has 1 amide bonds. The molecule has 3 aromatic rings. The number of nitrogens with zero attached hydrogens (tertiary/aromatic N) is 4. The summed E-state index contributed by atoms with van der Waals surface area (Å²) in [5, 5.41) is 12.3. The van der Waals surface area contributed by atoms with Crippen molar-refractivity contribution in [2.75, 3.05) is 0 Å². The van der Waals surface area contributed by atoms with E-state index in [9.17, 15) is 4.79 Å². The summed E-state index contributed by atoms with van der Waals surface area (Å²) in [7, 11) is 0. The van der Waals surface area contributed by atoms with E-state index in [0.717, 1.165) is 26.8 Å². The molecule has 7 heteroatoms. The standard InChI is InChI=1S/C17H16BrN5O/c1-12(13-6-8-14(18)9-7-13)19-21-17(24)10-11-23-16-5-3-2-4-15(16)20-22-23/h2-9H,10-11H2,1H3,(H,21,24)/b19-12+. The van der Waals surface area contributed by atoms with Crippen molar-refractivity contribution in [2.24, 2.45) is 5.10 Å². The Labute approximate surface area is 147 Å². The van der Waals surface area contributed by atoms with Gasteiger partial charge >= 0.3 is 0 Å². The lowest BCUT2D eigenvalue weighted by molar-refractivity contribution is -0.121. The smallest absolute Gasteiger partial charge is 0.241 e. The van der Waals surface area contributed by atoms with Gasteiger partial charge in [-0.3, -0.25) is 4.79 Å². The molecule has 122 valence electrons. The van der Waals surface area contributed by atoms with Crippen LogP contribution in [-0.4, -0.2) is 26.6 Å². The molecule has 2 aromatic carbocycles. The summed E-state index contributed by atoms with van der Waals surface area (Å²) < 4.78 is 2.73. The van der Waals surface area contributed by atoms with Crippen LogP contribution >= 0.6 is 15.9 Å². The highest BCUT2D eigenvalue weighted by molar-refractivity contribution is 9.10. The molecule has 1 aromatic heterocycles. The number of rotatable bonds is 5. The molecule has 6 nitrogen and oxygen atoms in total. The number of hydrogen-bond donors (Lipinski definition) is 1. The van der Waals surface area contributed by atoms with Crippen LogP contribution < -0.4 is 5.43 Å². The first-order chi connectivity index (χ1) is 11.6. The predicted molar refractivity (Wildman–Crippen MR) is 96.6 cm³/mol. The van der Waals surface area contributed by atoms with E-state index in [1.165, 1.54) is 0 Å². The molecule has 0 saturated carbocycles. The predicted octanol–water partition coefficient (Wildman–Crippen LogP) is 3.12. The number of hydrazone groups is 1. The van der Waals surface area contributed by atoms with Crippen LogP contribution in [-0.2, 0) is 11.3 Å². The first kappa shape index (κ1) is 16.3. The lowest BCUT2D eigenvalue weighted by Crippen LogP contribution is -2.21. The van der Waals surface area contributed by atoms with E-state index in [-0.39, 0.29) is 12.3 Å². The van der Waals surface area contributed by atoms with Crippen molar-refractivity contribution in [3.8, 4) is 0 Å². The zero-order chi connectivity index (χ0) is 16.9. The maximum absolute atomic E-state index is 12.0. The van der Waals surface area contributed by atoms with Gasteiger partial charge in [-0.25, -0.2) is 10.1 Å². The van der Waals surface area contributed by atoms with Crippen molar-refractivity contribution in [1.29, 1.82) is 0 Å². The lowest BCUT2D eigenvalue weighted by Gasteiger charge is -2.04. The third-order valence-corrected chi connectivity index (χ3v) is 4.11. The second-order valence-electron chi connectivity index (χ2n) is 5.29. The summed E-state index contributed by atoms with van der Waals surface area (Å²) in [5.41, 5.74) is 6.03. The Kier molecular flexibility index (Phi) is 5.00. The van der Waals surface area contributed by atoms with Gasteiger partial charge in [0.15, 0.2) is 0 Å². The number of carbonyl (C=O) groups excluding carboxylic acids is 1. The molecule has 1 N–H and O–H groups in total. The number of aromatic nitrogens is 3. The van der Waals surface area contributed by atoms with Crippen molar-refractivity contribution < 1.29 is 4.79 Å². The van der Waals surface area contributed by atoms with Crippen molar-refractivity contribution in [1.82, 2.24) is 20.4 Å². The van der Waals surface area contributed by atoms with Gasteiger partial charge < -0.3 is 0 Å². The molecule has 0 atom stereocenters. The molecule has 0 fully saturated rings. The Hall–Kier alpha value is -2.54. The number of hydrogen-bond acceptors (Lipinski definition) is 4. The minimum Gasteiger partial charge on any atom is -0.273 e. The summed E-state index contributed by atoms with van der Waals surface area (Å²) in [6.07, 6.45) is 0.282. The number of para-hydroxylation sites is 1. The number of nitrogens with one attached hydrogen (secondary N) is 1. The van der Waals surface area contributed by atoms with Crippen LogP contribution in [0.3, 0.4) is 0 Å². The van der Waals surface area contributed by atoms with Crippen LogP contribution in [0.25, 0.3) is 11.0 Å². The molecule has 0 aliphatic rings. The Morgan fingerprint density at radius 3 is 2.75 bits per heavy atom. The summed E-state index contributed by atoms with van der Waals surface area (Å²) in [6, 6.07) is 15.4. The van der Waals surface area contributed by atoms with Crippen LogP contribution in [0.1, 0.15) is 18.9 Å². The van der Waals surface area contributed by atoms with Gasteiger partial charge in [0.25, 0.3) is 0 Å². The molecular formula is C17H16BrN5O. The van der Waals surface area contributed by atoms with E-state index in [4.69, 9.17) is 0 Å². The monoisotopic (exact) mass is 385 g/mol. The normalized spacial score (nSPS) is 11.7. The van der Waals surface area contributed by atoms with E-state index in [1.807, 2.05) is 55.5 Å². The Morgan fingerprint density at radius 2 is 1.96 bits per heavy atom. The third kappa shape index (κ3) is 3.86. The van der Waals surface area contributed by atoms with Gasteiger partial charge in [-0.05, 0) is 36.8 Å². The molecule has 0 radical (unpaired) electrons. The van der Waals surface area contributed by atoms with Crippen LogP contribution in [0.2, 0.25) is 0 Å². The van der Waals surface area contributed by atoms with E-state index in [1.54, 1.807) is 4.68 Å². The first-order valence-corrected chi connectivity index (χ1v) is 8.30. The van der Waals surface area contributed by atoms with Crippen molar-refractivity contribution in [3.63, 3.8) is 0 Å². The number of aryl methyl sites for hydroxylation is 1. The lowest BCUT2D eigenvalue weighted by atomic mass is 10.1. The van der Waals surface area contributed by atoms with Gasteiger partial charge in [0.1, 0.15) is 5.52 Å². The number of carbonyl (C=O) groups is 1. The Balaban J connectivity index is 1.57. The van der Waals surface area contributed by atoms with Gasteiger partial charge in [0.2, 0.25) is 5.91 Å². The highest BCUT2D eigenvalue weighted by atomic mass is 79.9. The Bertz CT molecular complexity index is 885. The molecule has 0 spiro atoms. The SMILES string of the molecule is C/C(=N\NC(=O)CCn1nnc2ccccc21)c1ccc(Br)cc1. The topological polar surface area (TPSA) is 72.2 Å². The minimum absolute atomic E-state index is 0.161. The zero-order valence-electron chi connectivity index (χ0n) is 13.1. The largest absolute Gasteiger partial charge is 0.273 e. The van der Waals surface area contributed by atoms with Gasteiger partial charge in [0, 0.05) is 10.9 Å². The highest BCUT2D eigenvalue weighted by Gasteiger charge is 2.06. The molecule has 0 aliphatic heterocycles. The van der Waals surface area contributed by atoms with Crippen LogP contribution in [0.15, 0.2) is 58.1 Å². The van der Waals surface area contributed by atoms with Crippen molar-refractivity contribution in [2.45, 2.75) is 19.9 Å². The van der Waals surface area contributed by atoms with Crippen LogP contribution in [0.5, 0.6) is 0 Å².